The zero-order valence-electron chi connectivity index (χ0n) is 12.3. The predicted molar refractivity (Wildman–Crippen MR) is 78.5 cm³/mol. The number of hydrogen-bond acceptors (Lipinski definition) is 6. The first-order valence-electron chi connectivity index (χ1n) is 6.46. The molecule has 2 N–H and O–H groups in total. The summed E-state index contributed by atoms with van der Waals surface area (Å²) in [6.45, 7) is 6.42. The van der Waals surface area contributed by atoms with E-state index in [0.717, 1.165) is 0 Å². The molecule has 0 bridgehead atoms. The lowest BCUT2D eigenvalue weighted by molar-refractivity contribution is 0.397. The lowest BCUT2D eigenvalue weighted by atomic mass is 10.4. The first kappa shape index (κ1) is 16.6. The van der Waals surface area contributed by atoms with Crippen LogP contribution in [0.15, 0.2) is 6.07 Å². The molecular formula is C12H22N4O3S. The fourth-order valence-corrected chi connectivity index (χ4v) is 2.53. The van der Waals surface area contributed by atoms with Crippen molar-refractivity contribution in [3.8, 4) is 5.88 Å². The minimum absolute atomic E-state index is 0.0202. The first-order chi connectivity index (χ1) is 9.32. The predicted octanol–water partition coefficient (Wildman–Crippen LogP) is 0.923. The lowest BCUT2D eigenvalue weighted by Gasteiger charge is -2.10. The number of nitrogens with one attached hydrogen (secondary N) is 2. The van der Waals surface area contributed by atoms with Crippen molar-refractivity contribution in [2.45, 2.75) is 33.2 Å². The van der Waals surface area contributed by atoms with Gasteiger partial charge in [-0.25, -0.2) is 13.4 Å². The Kier molecular flexibility index (Phi) is 6.15. The third kappa shape index (κ3) is 6.16. The largest absolute Gasteiger partial charge is 0.481 e. The maximum Gasteiger partial charge on any atom is 0.240 e. The SMILES string of the molecule is COc1cc(C)nc(NS(=O)(=O)CCCNC(C)C)n1. The molecule has 0 amide bonds. The van der Waals surface area contributed by atoms with Gasteiger partial charge in [0, 0.05) is 17.8 Å². The van der Waals surface area contributed by atoms with Gasteiger partial charge in [0.25, 0.3) is 0 Å². The summed E-state index contributed by atoms with van der Waals surface area (Å²) in [6.07, 6.45) is 0.524. The number of hydrogen-bond donors (Lipinski definition) is 2. The smallest absolute Gasteiger partial charge is 0.240 e. The van der Waals surface area contributed by atoms with E-state index in [0.29, 0.717) is 30.6 Å². The zero-order chi connectivity index (χ0) is 15.2. The van der Waals surface area contributed by atoms with Crippen molar-refractivity contribution in [3.05, 3.63) is 11.8 Å². The molecule has 114 valence electrons. The molecule has 0 radical (unpaired) electrons. The van der Waals surface area contributed by atoms with Gasteiger partial charge in [0.05, 0.1) is 12.9 Å². The normalized spacial score (nSPS) is 11.7. The highest BCUT2D eigenvalue weighted by Crippen LogP contribution is 2.12. The van der Waals surface area contributed by atoms with E-state index < -0.39 is 10.0 Å². The molecule has 8 heteroatoms. The van der Waals surface area contributed by atoms with Crippen molar-refractivity contribution >= 4 is 16.0 Å². The van der Waals surface area contributed by atoms with E-state index in [1.807, 2.05) is 13.8 Å². The molecule has 0 fully saturated rings. The highest BCUT2D eigenvalue weighted by atomic mass is 32.2. The van der Waals surface area contributed by atoms with Crippen LogP contribution in [0.2, 0.25) is 0 Å². The van der Waals surface area contributed by atoms with Gasteiger partial charge in [-0.05, 0) is 19.9 Å². The highest BCUT2D eigenvalue weighted by Gasteiger charge is 2.13. The summed E-state index contributed by atoms with van der Waals surface area (Å²) in [7, 11) is -1.97. The van der Waals surface area contributed by atoms with Gasteiger partial charge in [-0.3, -0.25) is 4.72 Å². The number of methoxy groups -OCH3 is 1. The summed E-state index contributed by atoms with van der Waals surface area (Å²) in [4.78, 5) is 7.98. The van der Waals surface area contributed by atoms with E-state index in [9.17, 15) is 8.42 Å². The number of aromatic nitrogens is 2. The molecule has 1 aromatic heterocycles. The maximum atomic E-state index is 11.9. The van der Waals surface area contributed by atoms with Crippen LogP contribution in [0.5, 0.6) is 5.88 Å². The summed E-state index contributed by atoms with van der Waals surface area (Å²) >= 11 is 0. The molecule has 1 rings (SSSR count). The average molecular weight is 302 g/mol. The fraction of sp³-hybridized carbons (Fsp3) is 0.667. The van der Waals surface area contributed by atoms with Crippen LogP contribution in [0.4, 0.5) is 5.95 Å². The Hall–Kier alpha value is -1.41. The van der Waals surface area contributed by atoms with Gasteiger partial charge in [0.1, 0.15) is 0 Å². The molecule has 1 aromatic rings. The molecule has 0 unspecified atom stereocenters. The highest BCUT2D eigenvalue weighted by molar-refractivity contribution is 7.92. The Bertz CT molecular complexity index is 532. The van der Waals surface area contributed by atoms with Crippen molar-refractivity contribution < 1.29 is 13.2 Å². The third-order valence-corrected chi connectivity index (χ3v) is 3.75. The van der Waals surface area contributed by atoms with E-state index in [2.05, 4.69) is 20.0 Å². The number of rotatable bonds is 8. The van der Waals surface area contributed by atoms with Crippen molar-refractivity contribution in [1.82, 2.24) is 15.3 Å². The molecule has 0 aromatic carbocycles. The number of aryl methyl sites for hydroxylation is 1. The van der Waals surface area contributed by atoms with E-state index >= 15 is 0 Å². The van der Waals surface area contributed by atoms with Gasteiger partial charge in [-0.15, -0.1) is 0 Å². The average Bonchev–Trinajstić information content (AvgIpc) is 2.33. The van der Waals surface area contributed by atoms with Crippen LogP contribution in [-0.4, -0.2) is 43.8 Å². The van der Waals surface area contributed by atoms with Crippen LogP contribution < -0.4 is 14.8 Å². The van der Waals surface area contributed by atoms with Crippen LogP contribution >= 0.6 is 0 Å². The maximum absolute atomic E-state index is 11.9. The molecule has 0 atom stereocenters. The van der Waals surface area contributed by atoms with Gasteiger partial charge in [0.2, 0.25) is 21.9 Å². The van der Waals surface area contributed by atoms with E-state index in [1.54, 1.807) is 13.0 Å². The standard InChI is InChI=1S/C12H22N4O3S/c1-9(2)13-6-5-7-20(17,18)16-12-14-10(3)8-11(15-12)19-4/h8-9,13H,5-7H2,1-4H3,(H,14,15,16). The van der Waals surface area contributed by atoms with Crippen molar-refractivity contribution in [1.29, 1.82) is 0 Å². The molecule has 20 heavy (non-hydrogen) atoms. The van der Waals surface area contributed by atoms with Crippen molar-refractivity contribution in [3.63, 3.8) is 0 Å². The summed E-state index contributed by atoms with van der Waals surface area (Å²) in [5, 5.41) is 3.17. The molecule has 0 aliphatic rings. The molecule has 0 saturated carbocycles. The second kappa shape index (κ2) is 7.39. The molecule has 7 nitrogen and oxygen atoms in total. The Balaban J connectivity index is 2.59. The monoisotopic (exact) mass is 302 g/mol. The first-order valence-corrected chi connectivity index (χ1v) is 8.11. The second-order valence-electron chi connectivity index (χ2n) is 4.76. The third-order valence-electron chi connectivity index (χ3n) is 2.43. The number of nitrogens with zero attached hydrogens (tertiary/aromatic N) is 2. The molecular weight excluding hydrogens is 280 g/mol. The van der Waals surface area contributed by atoms with Crippen LogP contribution in [0.1, 0.15) is 26.0 Å². The molecule has 0 saturated heterocycles. The Morgan fingerprint density at radius 3 is 2.65 bits per heavy atom. The molecule has 0 spiro atoms. The summed E-state index contributed by atoms with van der Waals surface area (Å²) in [5.41, 5.74) is 0.635. The summed E-state index contributed by atoms with van der Waals surface area (Å²) < 4.78 is 31.1. The van der Waals surface area contributed by atoms with Crippen molar-refractivity contribution in [2.75, 3.05) is 24.1 Å². The summed E-state index contributed by atoms with van der Waals surface area (Å²) in [5.74, 6) is 0.391. The van der Waals surface area contributed by atoms with Gasteiger partial charge in [-0.1, -0.05) is 13.8 Å². The van der Waals surface area contributed by atoms with E-state index in [1.165, 1.54) is 7.11 Å². The quantitative estimate of drug-likeness (QED) is 0.694. The number of anilines is 1. The lowest BCUT2D eigenvalue weighted by Crippen LogP contribution is -2.27. The van der Waals surface area contributed by atoms with Crippen LogP contribution in [-0.2, 0) is 10.0 Å². The van der Waals surface area contributed by atoms with Crippen LogP contribution in [0.3, 0.4) is 0 Å². The van der Waals surface area contributed by atoms with E-state index in [-0.39, 0.29) is 11.7 Å². The van der Waals surface area contributed by atoms with Crippen LogP contribution in [0, 0.1) is 6.92 Å². The summed E-state index contributed by atoms with van der Waals surface area (Å²) in [6, 6.07) is 1.97. The molecule has 1 heterocycles. The van der Waals surface area contributed by atoms with Crippen LogP contribution in [0.25, 0.3) is 0 Å². The molecule has 0 aliphatic carbocycles. The number of ether oxygens (including phenoxy) is 1. The Morgan fingerprint density at radius 1 is 1.35 bits per heavy atom. The zero-order valence-corrected chi connectivity index (χ0v) is 13.1. The topological polar surface area (TPSA) is 93.2 Å². The van der Waals surface area contributed by atoms with Crippen molar-refractivity contribution in [2.24, 2.45) is 0 Å². The fourth-order valence-electron chi connectivity index (χ4n) is 1.53. The van der Waals surface area contributed by atoms with Gasteiger partial charge in [-0.2, -0.15) is 4.98 Å². The minimum Gasteiger partial charge on any atom is -0.481 e. The minimum atomic E-state index is -3.44. The molecule has 0 aliphatic heterocycles. The Morgan fingerprint density at radius 2 is 2.05 bits per heavy atom. The Labute approximate surface area is 120 Å². The second-order valence-corrected chi connectivity index (χ2v) is 6.60. The van der Waals surface area contributed by atoms with Gasteiger partial charge in [0.15, 0.2) is 0 Å². The number of sulfonamides is 1. The van der Waals surface area contributed by atoms with Gasteiger partial charge < -0.3 is 10.1 Å². The van der Waals surface area contributed by atoms with Gasteiger partial charge >= 0.3 is 0 Å². The van der Waals surface area contributed by atoms with E-state index in [4.69, 9.17) is 4.74 Å².